The molecule has 2 fully saturated rings. The van der Waals surface area contributed by atoms with Crippen LogP contribution < -0.4 is 11.0 Å². The van der Waals surface area contributed by atoms with Crippen molar-refractivity contribution in [3.63, 3.8) is 0 Å². The number of hydrogen-bond donors (Lipinski definition) is 2. The van der Waals surface area contributed by atoms with Gasteiger partial charge in [-0.05, 0) is 44.0 Å². The molecular weight excluding hydrogens is 407 g/mol. The van der Waals surface area contributed by atoms with E-state index in [1.165, 1.54) is 4.57 Å². The van der Waals surface area contributed by atoms with Gasteiger partial charge in [0.25, 0.3) is 0 Å². The Balaban J connectivity index is 1.69. The van der Waals surface area contributed by atoms with Crippen LogP contribution in [0.25, 0.3) is 11.0 Å². The van der Waals surface area contributed by atoms with E-state index in [0.717, 1.165) is 5.56 Å². The maximum atomic E-state index is 14.9. The van der Waals surface area contributed by atoms with Gasteiger partial charge in [-0.2, -0.15) is 0 Å². The third-order valence-electron chi connectivity index (χ3n) is 6.24. The van der Waals surface area contributed by atoms with Gasteiger partial charge in [0, 0.05) is 25.4 Å². The second kappa shape index (κ2) is 8.26. The molecule has 3 heterocycles. The molecule has 1 aromatic carbocycles. The van der Waals surface area contributed by atoms with Gasteiger partial charge in [0.2, 0.25) is 11.8 Å². The summed E-state index contributed by atoms with van der Waals surface area (Å²) in [5.74, 6) is -2.21. The molecule has 31 heavy (non-hydrogen) atoms. The Morgan fingerprint density at radius 3 is 2.65 bits per heavy atom. The molecule has 2 N–H and O–H groups in total. The van der Waals surface area contributed by atoms with Crippen molar-refractivity contribution in [2.75, 3.05) is 19.6 Å². The van der Waals surface area contributed by atoms with Gasteiger partial charge in [0.05, 0.1) is 17.6 Å². The summed E-state index contributed by atoms with van der Waals surface area (Å²) in [5, 5.41) is 11.2. The van der Waals surface area contributed by atoms with Crippen LogP contribution in [0.4, 0.5) is 4.39 Å². The Bertz CT molecular complexity index is 1110. The Morgan fingerprint density at radius 1 is 1.23 bits per heavy atom. The van der Waals surface area contributed by atoms with Crippen molar-refractivity contribution < 1.29 is 23.9 Å². The molecule has 0 saturated carbocycles. The standard InChI is InChI=1S/C21H25FN4O5/c1-2-25-17-9-12(13-7-8-24(10-14(13)22)11-19(28)29)3-4-15(17)26(21(25)31)16-5-6-18(27)23-20(16)30/h3-4,9,13-14,16H,2,5-8,10-11H2,1H3,(H,28,29)(H,23,27,30)/t13-,14+,16?/m0/s1. The van der Waals surface area contributed by atoms with Crippen molar-refractivity contribution in [2.24, 2.45) is 0 Å². The average molecular weight is 432 g/mol. The molecule has 0 bridgehead atoms. The molecule has 9 nitrogen and oxygen atoms in total. The number of amides is 2. The van der Waals surface area contributed by atoms with Crippen LogP contribution in [-0.2, 0) is 20.9 Å². The van der Waals surface area contributed by atoms with E-state index in [1.54, 1.807) is 27.7 Å². The molecule has 1 aromatic heterocycles. The zero-order valence-corrected chi connectivity index (χ0v) is 17.2. The lowest BCUT2D eigenvalue weighted by atomic mass is 9.87. The topological polar surface area (TPSA) is 114 Å². The molecule has 2 saturated heterocycles. The van der Waals surface area contributed by atoms with Crippen molar-refractivity contribution in [2.45, 2.75) is 50.9 Å². The molecule has 0 radical (unpaired) electrons. The number of fused-ring (bicyclic) bond motifs is 1. The highest BCUT2D eigenvalue weighted by molar-refractivity contribution is 6.00. The summed E-state index contributed by atoms with van der Waals surface area (Å²) < 4.78 is 17.9. The van der Waals surface area contributed by atoms with E-state index < -0.39 is 30.0 Å². The van der Waals surface area contributed by atoms with Crippen molar-refractivity contribution in [3.8, 4) is 0 Å². The number of halogens is 1. The quantitative estimate of drug-likeness (QED) is 0.682. The van der Waals surface area contributed by atoms with Crippen molar-refractivity contribution in [1.29, 1.82) is 0 Å². The lowest BCUT2D eigenvalue weighted by Gasteiger charge is -2.34. The number of alkyl halides is 1. The van der Waals surface area contributed by atoms with E-state index in [2.05, 4.69) is 5.32 Å². The molecule has 4 rings (SSSR count). The molecule has 2 aromatic rings. The number of aryl methyl sites for hydroxylation is 1. The normalized spacial score (nSPS) is 25.0. The predicted octanol–water partition coefficient (Wildman–Crippen LogP) is 1.01. The number of imide groups is 1. The second-order valence-corrected chi connectivity index (χ2v) is 8.15. The number of benzene rings is 1. The van der Waals surface area contributed by atoms with Crippen molar-refractivity contribution >= 4 is 28.8 Å². The van der Waals surface area contributed by atoms with Gasteiger partial charge in [-0.25, -0.2) is 9.18 Å². The third kappa shape index (κ3) is 3.87. The predicted molar refractivity (Wildman–Crippen MR) is 110 cm³/mol. The van der Waals surface area contributed by atoms with Crippen LogP contribution in [0.3, 0.4) is 0 Å². The molecule has 3 atom stereocenters. The van der Waals surface area contributed by atoms with Gasteiger partial charge in [-0.15, -0.1) is 0 Å². The molecule has 2 aliphatic heterocycles. The first-order valence-electron chi connectivity index (χ1n) is 10.5. The van der Waals surface area contributed by atoms with Crippen molar-refractivity contribution in [1.82, 2.24) is 19.4 Å². The number of likely N-dealkylation sites (tertiary alicyclic amines) is 1. The minimum Gasteiger partial charge on any atom is -0.480 e. The first kappa shape index (κ1) is 21.2. The molecule has 1 unspecified atom stereocenters. The number of imidazole rings is 1. The number of nitrogens with one attached hydrogen (secondary N) is 1. The van der Waals surface area contributed by atoms with Gasteiger partial charge in [-0.3, -0.25) is 33.7 Å². The summed E-state index contributed by atoms with van der Waals surface area (Å²) >= 11 is 0. The zero-order valence-electron chi connectivity index (χ0n) is 17.2. The third-order valence-corrected chi connectivity index (χ3v) is 6.24. The number of nitrogens with zero attached hydrogens (tertiary/aromatic N) is 3. The number of carbonyl (C=O) groups is 3. The van der Waals surface area contributed by atoms with Crippen LogP contribution >= 0.6 is 0 Å². The summed E-state index contributed by atoms with van der Waals surface area (Å²) in [4.78, 5) is 49.4. The van der Waals surface area contributed by atoms with Gasteiger partial charge in [-0.1, -0.05) is 6.07 Å². The van der Waals surface area contributed by atoms with E-state index in [1.807, 2.05) is 6.92 Å². The Labute approximate surface area is 177 Å². The number of carboxylic acids is 1. The summed E-state index contributed by atoms with van der Waals surface area (Å²) in [5.41, 5.74) is 1.61. The largest absolute Gasteiger partial charge is 0.480 e. The van der Waals surface area contributed by atoms with E-state index in [4.69, 9.17) is 5.11 Å². The minimum absolute atomic E-state index is 0.0485. The Hall–Kier alpha value is -3.01. The van der Waals surface area contributed by atoms with Crippen LogP contribution in [0.5, 0.6) is 0 Å². The maximum Gasteiger partial charge on any atom is 0.329 e. The smallest absolute Gasteiger partial charge is 0.329 e. The number of carbonyl (C=O) groups excluding carboxylic acids is 2. The molecule has 2 aliphatic rings. The van der Waals surface area contributed by atoms with E-state index in [0.29, 0.717) is 30.5 Å². The average Bonchev–Trinajstić information content (AvgIpc) is 2.98. The van der Waals surface area contributed by atoms with E-state index in [-0.39, 0.29) is 37.5 Å². The number of carboxylic acid groups (broad SMARTS) is 1. The summed E-state index contributed by atoms with van der Waals surface area (Å²) in [6, 6.07) is 4.54. The van der Waals surface area contributed by atoms with E-state index >= 15 is 0 Å². The van der Waals surface area contributed by atoms with Crippen LogP contribution in [0.15, 0.2) is 23.0 Å². The fourth-order valence-corrected chi connectivity index (χ4v) is 4.74. The number of hydrogen-bond acceptors (Lipinski definition) is 5. The first-order valence-corrected chi connectivity index (χ1v) is 10.5. The zero-order chi connectivity index (χ0) is 22.3. The molecule has 10 heteroatoms. The molecule has 2 amide bonds. The minimum atomic E-state index is -1.22. The lowest BCUT2D eigenvalue weighted by molar-refractivity contribution is -0.139. The maximum absolute atomic E-state index is 14.9. The first-order chi connectivity index (χ1) is 14.8. The number of piperidine rings is 2. The highest BCUT2D eigenvalue weighted by atomic mass is 19.1. The number of aliphatic carboxylic acids is 1. The summed E-state index contributed by atoms with van der Waals surface area (Å²) in [7, 11) is 0. The highest BCUT2D eigenvalue weighted by Gasteiger charge is 2.34. The van der Waals surface area contributed by atoms with Crippen LogP contribution in [0, 0.1) is 0 Å². The number of rotatable bonds is 5. The Morgan fingerprint density at radius 2 is 2.00 bits per heavy atom. The monoisotopic (exact) mass is 432 g/mol. The highest BCUT2D eigenvalue weighted by Crippen LogP contribution is 2.33. The SMILES string of the molecule is CCn1c(=O)n(C2CCC(=O)NC2=O)c2ccc([C@@H]3CCN(CC(=O)O)C[C@H]3F)cc21. The molecule has 0 spiro atoms. The van der Waals surface area contributed by atoms with Gasteiger partial charge < -0.3 is 5.11 Å². The van der Waals surface area contributed by atoms with Crippen LogP contribution in [0.1, 0.15) is 43.7 Å². The van der Waals surface area contributed by atoms with Gasteiger partial charge in [0.1, 0.15) is 12.2 Å². The van der Waals surface area contributed by atoms with Gasteiger partial charge >= 0.3 is 11.7 Å². The van der Waals surface area contributed by atoms with E-state index in [9.17, 15) is 23.6 Å². The fourth-order valence-electron chi connectivity index (χ4n) is 4.74. The summed E-state index contributed by atoms with van der Waals surface area (Å²) in [6.07, 6.45) is -0.323. The number of aromatic nitrogens is 2. The molecule has 0 aliphatic carbocycles. The van der Waals surface area contributed by atoms with Crippen LogP contribution in [-0.4, -0.2) is 62.7 Å². The second-order valence-electron chi connectivity index (χ2n) is 8.15. The molecular formula is C21H25FN4O5. The Kier molecular flexibility index (Phi) is 5.65. The fraction of sp³-hybridized carbons (Fsp3) is 0.524. The van der Waals surface area contributed by atoms with Crippen LogP contribution in [0.2, 0.25) is 0 Å². The lowest BCUT2D eigenvalue weighted by Crippen LogP contribution is -2.44. The van der Waals surface area contributed by atoms with Crippen molar-refractivity contribution in [3.05, 3.63) is 34.2 Å². The van der Waals surface area contributed by atoms with Gasteiger partial charge in [0.15, 0.2) is 0 Å². The molecule has 166 valence electrons. The summed E-state index contributed by atoms with van der Waals surface area (Å²) in [6.45, 7) is 2.55.